The molecule has 0 aromatic carbocycles. The van der Waals surface area contributed by atoms with Crippen LogP contribution in [0.4, 0.5) is 0 Å². The van der Waals surface area contributed by atoms with Crippen molar-refractivity contribution in [2.24, 2.45) is 0 Å². The van der Waals surface area contributed by atoms with E-state index < -0.39 is 0 Å². The third-order valence-corrected chi connectivity index (χ3v) is 3.24. The Hall–Kier alpha value is -1.00. The molecule has 4 nitrogen and oxygen atoms in total. The van der Waals surface area contributed by atoms with E-state index in [4.69, 9.17) is 20.8 Å². The average Bonchev–Trinajstić information content (AvgIpc) is 2.72. The number of aryl methyl sites for hydroxylation is 1. The van der Waals surface area contributed by atoms with E-state index in [1.54, 1.807) is 17.0 Å². The van der Waals surface area contributed by atoms with Crippen molar-refractivity contribution in [3.63, 3.8) is 0 Å². The molecule has 0 N–H and O–H groups in total. The molecule has 2 rings (SSSR count). The van der Waals surface area contributed by atoms with Gasteiger partial charge in [0, 0.05) is 13.1 Å². The number of carbonyl (C=O) groups excluding carboxylic acids is 1. The van der Waals surface area contributed by atoms with E-state index in [-0.39, 0.29) is 17.6 Å². The fraction of sp³-hybridized carbons (Fsp3) is 0.615. The van der Waals surface area contributed by atoms with Crippen molar-refractivity contribution in [3.8, 4) is 0 Å². The van der Waals surface area contributed by atoms with Gasteiger partial charge < -0.3 is 14.1 Å². The quantitative estimate of drug-likeness (QED) is 0.776. The molecule has 1 saturated heterocycles. The molecule has 1 unspecified atom stereocenters. The molecule has 0 bridgehead atoms. The van der Waals surface area contributed by atoms with Crippen LogP contribution in [-0.4, -0.2) is 41.5 Å². The van der Waals surface area contributed by atoms with Crippen LogP contribution in [0.1, 0.15) is 30.2 Å². The molecule has 1 atom stereocenters. The summed E-state index contributed by atoms with van der Waals surface area (Å²) in [5, 5.41) is 0. The molecule has 0 radical (unpaired) electrons. The minimum absolute atomic E-state index is 0.102. The van der Waals surface area contributed by atoms with Gasteiger partial charge in [-0.1, -0.05) is 0 Å². The summed E-state index contributed by atoms with van der Waals surface area (Å²) in [5.74, 6) is 1.39. The molecule has 1 aromatic rings. The Bertz CT molecular complexity index is 441. The van der Waals surface area contributed by atoms with Crippen molar-refractivity contribution in [1.82, 2.24) is 4.90 Å². The summed E-state index contributed by atoms with van der Waals surface area (Å²) < 4.78 is 11.2. The molecule has 0 spiro atoms. The van der Waals surface area contributed by atoms with Gasteiger partial charge in [0.2, 0.25) is 0 Å². The largest absolute Gasteiger partial charge is 0.456 e. The number of alkyl halides is 1. The molecular formula is C13H18ClNO3. The van der Waals surface area contributed by atoms with E-state index in [1.165, 1.54) is 0 Å². The van der Waals surface area contributed by atoms with Gasteiger partial charge in [0.25, 0.3) is 5.91 Å². The van der Waals surface area contributed by atoms with Crippen LogP contribution in [0.3, 0.4) is 0 Å². The maximum atomic E-state index is 12.3. The lowest BCUT2D eigenvalue weighted by Crippen LogP contribution is -2.55. The monoisotopic (exact) mass is 271 g/mol. The van der Waals surface area contributed by atoms with Gasteiger partial charge in [0.1, 0.15) is 5.76 Å². The van der Waals surface area contributed by atoms with Crippen LogP contribution in [0.15, 0.2) is 16.5 Å². The molecule has 18 heavy (non-hydrogen) atoms. The summed E-state index contributed by atoms with van der Waals surface area (Å²) in [7, 11) is 0. The number of rotatable bonds is 2. The predicted molar refractivity (Wildman–Crippen MR) is 69.0 cm³/mol. The third kappa shape index (κ3) is 2.87. The molecule has 1 aromatic heterocycles. The van der Waals surface area contributed by atoms with Gasteiger partial charge >= 0.3 is 0 Å². The minimum atomic E-state index is -0.380. The van der Waals surface area contributed by atoms with Crippen LogP contribution in [0.25, 0.3) is 0 Å². The highest BCUT2D eigenvalue weighted by Crippen LogP contribution is 2.23. The molecular weight excluding hydrogens is 254 g/mol. The molecule has 100 valence electrons. The van der Waals surface area contributed by atoms with Gasteiger partial charge in [0.05, 0.1) is 17.6 Å². The number of morpholine rings is 1. The zero-order chi connectivity index (χ0) is 13.3. The third-order valence-electron chi connectivity index (χ3n) is 2.89. The van der Waals surface area contributed by atoms with Crippen LogP contribution in [0.2, 0.25) is 0 Å². The van der Waals surface area contributed by atoms with E-state index >= 15 is 0 Å². The van der Waals surface area contributed by atoms with Crippen LogP contribution in [-0.2, 0) is 4.74 Å². The lowest BCUT2D eigenvalue weighted by molar-refractivity contribution is -0.117. The number of amides is 1. The van der Waals surface area contributed by atoms with Crippen LogP contribution in [0, 0.1) is 6.92 Å². The summed E-state index contributed by atoms with van der Waals surface area (Å²) in [6, 6.07) is 3.49. The number of furan rings is 1. The van der Waals surface area contributed by atoms with Gasteiger partial charge in [-0.15, -0.1) is 11.6 Å². The second kappa shape index (κ2) is 4.94. The molecule has 5 heteroatoms. The number of hydrogen-bond acceptors (Lipinski definition) is 3. The Morgan fingerprint density at radius 1 is 1.56 bits per heavy atom. The van der Waals surface area contributed by atoms with E-state index in [0.29, 0.717) is 24.7 Å². The summed E-state index contributed by atoms with van der Waals surface area (Å²) in [5.41, 5.74) is -0.380. The summed E-state index contributed by atoms with van der Waals surface area (Å²) >= 11 is 5.84. The van der Waals surface area contributed by atoms with E-state index in [9.17, 15) is 4.79 Å². The van der Waals surface area contributed by atoms with E-state index in [2.05, 4.69) is 0 Å². The number of nitrogens with zero attached hydrogens (tertiary/aromatic N) is 1. The fourth-order valence-corrected chi connectivity index (χ4v) is 2.40. The Morgan fingerprint density at radius 2 is 2.28 bits per heavy atom. The zero-order valence-corrected chi connectivity index (χ0v) is 11.7. The van der Waals surface area contributed by atoms with E-state index in [0.717, 1.165) is 5.76 Å². The van der Waals surface area contributed by atoms with Crippen LogP contribution < -0.4 is 0 Å². The zero-order valence-electron chi connectivity index (χ0n) is 10.9. The predicted octanol–water partition coefficient (Wildman–Crippen LogP) is 2.45. The van der Waals surface area contributed by atoms with Gasteiger partial charge in [-0.3, -0.25) is 4.79 Å². The Morgan fingerprint density at radius 3 is 2.83 bits per heavy atom. The van der Waals surface area contributed by atoms with Crippen LogP contribution in [0.5, 0.6) is 0 Å². The highest BCUT2D eigenvalue weighted by molar-refractivity contribution is 6.18. The molecule has 0 aliphatic carbocycles. The lowest BCUT2D eigenvalue weighted by atomic mass is 10.1. The van der Waals surface area contributed by atoms with Crippen molar-refractivity contribution < 1.29 is 13.9 Å². The highest BCUT2D eigenvalue weighted by Gasteiger charge is 2.36. The van der Waals surface area contributed by atoms with Gasteiger partial charge in [-0.2, -0.15) is 0 Å². The summed E-state index contributed by atoms with van der Waals surface area (Å²) in [4.78, 5) is 14.0. The first-order valence-electron chi connectivity index (χ1n) is 6.01. The Kier molecular flexibility index (Phi) is 3.69. The molecule has 1 amide bonds. The molecule has 0 saturated carbocycles. The second-order valence-electron chi connectivity index (χ2n) is 5.25. The maximum Gasteiger partial charge on any atom is 0.289 e. The fourth-order valence-electron chi connectivity index (χ4n) is 2.24. The van der Waals surface area contributed by atoms with Crippen molar-refractivity contribution >= 4 is 17.5 Å². The van der Waals surface area contributed by atoms with Crippen molar-refractivity contribution in [2.75, 3.05) is 19.0 Å². The number of ether oxygens (including phenoxy) is 1. The number of halogens is 1. The Balaban J connectivity index is 2.14. The van der Waals surface area contributed by atoms with Crippen molar-refractivity contribution in [2.45, 2.75) is 32.5 Å². The molecule has 1 fully saturated rings. The minimum Gasteiger partial charge on any atom is -0.456 e. The first-order valence-corrected chi connectivity index (χ1v) is 6.54. The first-order chi connectivity index (χ1) is 8.41. The van der Waals surface area contributed by atoms with Crippen LogP contribution >= 0.6 is 11.6 Å². The second-order valence-corrected chi connectivity index (χ2v) is 5.56. The molecule has 1 aliphatic rings. The molecule has 1 aliphatic heterocycles. The van der Waals surface area contributed by atoms with Crippen molar-refractivity contribution in [3.05, 3.63) is 23.7 Å². The number of carbonyl (C=O) groups is 1. The standard InChI is InChI=1S/C13H18ClNO3/c1-9-4-5-11(17-9)12(16)15-7-10(6-14)18-13(2,3)8-15/h4-5,10H,6-8H2,1-3H3. The van der Waals surface area contributed by atoms with E-state index in [1.807, 2.05) is 20.8 Å². The normalized spacial score (nSPS) is 23.1. The summed E-state index contributed by atoms with van der Waals surface area (Å²) in [6.07, 6.45) is -0.129. The molecule has 2 heterocycles. The Labute approximate surface area is 112 Å². The summed E-state index contributed by atoms with van der Waals surface area (Å²) in [6.45, 7) is 6.78. The average molecular weight is 272 g/mol. The SMILES string of the molecule is Cc1ccc(C(=O)N2CC(CCl)OC(C)(C)C2)o1. The van der Waals surface area contributed by atoms with Gasteiger partial charge in [-0.05, 0) is 32.9 Å². The first kappa shape index (κ1) is 13.4. The smallest absolute Gasteiger partial charge is 0.289 e. The van der Waals surface area contributed by atoms with Gasteiger partial charge in [0.15, 0.2) is 5.76 Å². The lowest BCUT2D eigenvalue weighted by Gasteiger charge is -2.41. The highest BCUT2D eigenvalue weighted by atomic mass is 35.5. The topological polar surface area (TPSA) is 42.7 Å². The number of hydrogen-bond donors (Lipinski definition) is 0. The van der Waals surface area contributed by atoms with Gasteiger partial charge in [-0.25, -0.2) is 0 Å². The van der Waals surface area contributed by atoms with Crippen molar-refractivity contribution in [1.29, 1.82) is 0 Å². The maximum absolute atomic E-state index is 12.3.